The van der Waals surface area contributed by atoms with Crippen molar-refractivity contribution in [2.75, 3.05) is 13.1 Å². The normalized spacial score (nSPS) is 12.5. The summed E-state index contributed by atoms with van der Waals surface area (Å²) >= 11 is 5.46. The smallest absolute Gasteiger partial charge is 0.0314 e. The fourth-order valence-corrected chi connectivity index (χ4v) is 3.81. The zero-order valence-corrected chi connectivity index (χ0v) is 13.6. The minimum atomic E-state index is 0.593. The zero-order chi connectivity index (χ0) is 13.5. The zero-order valence-electron chi connectivity index (χ0n) is 11.2. The summed E-state index contributed by atoms with van der Waals surface area (Å²) in [5, 5.41) is 5.64. The third kappa shape index (κ3) is 4.44. The maximum absolute atomic E-state index is 3.62. The Bertz CT molecular complexity index is 481. The first-order valence-electron chi connectivity index (χ1n) is 6.78. The SMILES string of the molecule is CCNCC(CCc1sccc1Br)c1ccccc1. The molecule has 1 aromatic carbocycles. The van der Waals surface area contributed by atoms with Crippen LogP contribution in [0.2, 0.25) is 0 Å². The predicted molar refractivity (Wildman–Crippen MR) is 88.1 cm³/mol. The Hall–Kier alpha value is -0.640. The van der Waals surface area contributed by atoms with Crippen molar-refractivity contribution in [1.82, 2.24) is 5.32 Å². The maximum atomic E-state index is 3.62. The van der Waals surface area contributed by atoms with E-state index in [4.69, 9.17) is 0 Å². The van der Waals surface area contributed by atoms with E-state index < -0.39 is 0 Å². The summed E-state index contributed by atoms with van der Waals surface area (Å²) in [4.78, 5) is 1.46. The molecule has 2 aromatic rings. The molecule has 0 fully saturated rings. The number of rotatable bonds is 7. The minimum absolute atomic E-state index is 0.593. The predicted octanol–water partition coefficient (Wildman–Crippen LogP) is 4.84. The molecule has 1 nitrogen and oxygen atoms in total. The first-order valence-corrected chi connectivity index (χ1v) is 8.46. The highest BCUT2D eigenvalue weighted by atomic mass is 79.9. The van der Waals surface area contributed by atoms with E-state index in [9.17, 15) is 0 Å². The van der Waals surface area contributed by atoms with Crippen molar-refractivity contribution in [2.24, 2.45) is 0 Å². The number of thiophene rings is 1. The Labute approximate surface area is 128 Å². The van der Waals surface area contributed by atoms with Gasteiger partial charge in [-0.2, -0.15) is 0 Å². The number of hydrogen-bond donors (Lipinski definition) is 1. The van der Waals surface area contributed by atoms with Gasteiger partial charge < -0.3 is 5.32 Å². The molecule has 1 atom stereocenters. The van der Waals surface area contributed by atoms with Gasteiger partial charge in [-0.1, -0.05) is 37.3 Å². The number of hydrogen-bond acceptors (Lipinski definition) is 2. The summed E-state index contributed by atoms with van der Waals surface area (Å²) in [6.07, 6.45) is 2.33. The van der Waals surface area contributed by atoms with Gasteiger partial charge in [-0.25, -0.2) is 0 Å². The number of benzene rings is 1. The van der Waals surface area contributed by atoms with Crippen LogP contribution in [0.4, 0.5) is 0 Å². The molecule has 3 heteroatoms. The number of likely N-dealkylation sites (N-methyl/N-ethyl adjacent to an activating group) is 1. The molecule has 2 rings (SSSR count). The van der Waals surface area contributed by atoms with Crippen molar-refractivity contribution >= 4 is 27.3 Å². The van der Waals surface area contributed by atoms with E-state index in [1.54, 1.807) is 0 Å². The van der Waals surface area contributed by atoms with Crippen LogP contribution in [0.5, 0.6) is 0 Å². The van der Waals surface area contributed by atoms with Gasteiger partial charge >= 0.3 is 0 Å². The lowest BCUT2D eigenvalue weighted by atomic mass is 9.94. The Morgan fingerprint density at radius 3 is 2.63 bits per heavy atom. The summed E-state index contributed by atoms with van der Waals surface area (Å²) < 4.78 is 1.26. The van der Waals surface area contributed by atoms with Crippen LogP contribution >= 0.6 is 27.3 Å². The van der Waals surface area contributed by atoms with Gasteiger partial charge in [0, 0.05) is 15.9 Å². The molecule has 1 aromatic heterocycles. The summed E-state index contributed by atoms with van der Waals surface area (Å²) in [5.74, 6) is 0.593. The molecule has 19 heavy (non-hydrogen) atoms. The van der Waals surface area contributed by atoms with Crippen molar-refractivity contribution in [2.45, 2.75) is 25.7 Å². The maximum Gasteiger partial charge on any atom is 0.0314 e. The number of halogens is 1. The van der Waals surface area contributed by atoms with Crippen molar-refractivity contribution in [3.63, 3.8) is 0 Å². The molecule has 0 aliphatic rings. The van der Waals surface area contributed by atoms with Crippen molar-refractivity contribution in [3.05, 3.63) is 56.7 Å². The molecule has 0 spiro atoms. The molecule has 1 N–H and O–H groups in total. The van der Waals surface area contributed by atoms with Crippen LogP contribution in [-0.2, 0) is 6.42 Å². The second-order valence-electron chi connectivity index (χ2n) is 4.65. The van der Waals surface area contributed by atoms with Crippen LogP contribution in [0.1, 0.15) is 29.7 Å². The molecule has 0 saturated carbocycles. The van der Waals surface area contributed by atoms with E-state index in [1.807, 2.05) is 11.3 Å². The lowest BCUT2D eigenvalue weighted by molar-refractivity contribution is 0.563. The van der Waals surface area contributed by atoms with Crippen LogP contribution in [-0.4, -0.2) is 13.1 Å². The van der Waals surface area contributed by atoms with E-state index in [1.165, 1.54) is 21.3 Å². The third-order valence-electron chi connectivity index (χ3n) is 3.32. The lowest BCUT2D eigenvalue weighted by Crippen LogP contribution is -2.21. The average molecular weight is 338 g/mol. The highest BCUT2D eigenvalue weighted by Crippen LogP contribution is 2.27. The molecule has 0 aliphatic carbocycles. The molecular weight excluding hydrogens is 318 g/mol. The fraction of sp³-hybridized carbons (Fsp3) is 0.375. The van der Waals surface area contributed by atoms with Gasteiger partial charge in [-0.15, -0.1) is 11.3 Å². The molecular formula is C16H20BrNS. The van der Waals surface area contributed by atoms with Crippen LogP contribution in [0.3, 0.4) is 0 Å². The lowest BCUT2D eigenvalue weighted by Gasteiger charge is -2.17. The average Bonchev–Trinajstić information content (AvgIpc) is 2.85. The van der Waals surface area contributed by atoms with Gasteiger partial charge in [0.15, 0.2) is 0 Å². The molecule has 0 bridgehead atoms. The van der Waals surface area contributed by atoms with Crippen LogP contribution in [0, 0.1) is 0 Å². The Balaban J connectivity index is 2.00. The molecule has 0 amide bonds. The van der Waals surface area contributed by atoms with Crippen molar-refractivity contribution < 1.29 is 0 Å². The second-order valence-corrected chi connectivity index (χ2v) is 6.50. The Morgan fingerprint density at radius 2 is 2.00 bits per heavy atom. The van der Waals surface area contributed by atoms with E-state index in [0.29, 0.717) is 5.92 Å². The van der Waals surface area contributed by atoms with Crippen molar-refractivity contribution in [1.29, 1.82) is 0 Å². The molecule has 102 valence electrons. The van der Waals surface area contributed by atoms with Crippen LogP contribution in [0.15, 0.2) is 46.3 Å². The fourth-order valence-electron chi connectivity index (χ4n) is 2.24. The van der Waals surface area contributed by atoms with E-state index in [2.05, 4.69) is 69.9 Å². The minimum Gasteiger partial charge on any atom is -0.316 e. The van der Waals surface area contributed by atoms with E-state index in [0.717, 1.165) is 19.5 Å². The van der Waals surface area contributed by atoms with Gasteiger partial charge in [-0.3, -0.25) is 0 Å². The molecule has 1 unspecified atom stereocenters. The Morgan fingerprint density at radius 1 is 1.21 bits per heavy atom. The second kappa shape index (κ2) is 7.83. The topological polar surface area (TPSA) is 12.0 Å². The summed E-state index contributed by atoms with van der Waals surface area (Å²) in [6, 6.07) is 13.0. The quantitative estimate of drug-likeness (QED) is 0.762. The van der Waals surface area contributed by atoms with E-state index in [-0.39, 0.29) is 0 Å². The van der Waals surface area contributed by atoms with Crippen molar-refractivity contribution in [3.8, 4) is 0 Å². The largest absolute Gasteiger partial charge is 0.316 e. The first-order chi connectivity index (χ1) is 9.31. The van der Waals surface area contributed by atoms with Crippen LogP contribution < -0.4 is 5.32 Å². The summed E-state index contributed by atoms with van der Waals surface area (Å²) in [7, 11) is 0. The Kier molecular flexibility index (Phi) is 6.08. The highest BCUT2D eigenvalue weighted by molar-refractivity contribution is 9.10. The first kappa shape index (κ1) is 14.8. The molecule has 0 aliphatic heterocycles. The highest BCUT2D eigenvalue weighted by Gasteiger charge is 2.12. The summed E-state index contributed by atoms with van der Waals surface area (Å²) in [5.41, 5.74) is 1.44. The number of nitrogens with one attached hydrogen (secondary N) is 1. The standard InChI is InChI=1S/C16H20BrNS/c1-2-18-12-14(13-6-4-3-5-7-13)8-9-16-15(17)10-11-19-16/h3-7,10-11,14,18H,2,8-9,12H2,1H3. The molecule has 1 heterocycles. The van der Waals surface area contributed by atoms with Gasteiger partial charge in [-0.05, 0) is 58.2 Å². The molecule has 0 saturated heterocycles. The van der Waals surface area contributed by atoms with Gasteiger partial charge in [0.2, 0.25) is 0 Å². The molecule has 0 radical (unpaired) electrons. The van der Waals surface area contributed by atoms with Crippen LogP contribution in [0.25, 0.3) is 0 Å². The third-order valence-corrected chi connectivity index (χ3v) is 5.31. The monoisotopic (exact) mass is 337 g/mol. The van der Waals surface area contributed by atoms with Gasteiger partial charge in [0.05, 0.1) is 0 Å². The van der Waals surface area contributed by atoms with E-state index >= 15 is 0 Å². The number of aryl methyl sites for hydroxylation is 1. The van der Waals surface area contributed by atoms with Gasteiger partial charge in [0.25, 0.3) is 0 Å². The summed E-state index contributed by atoms with van der Waals surface area (Å²) in [6.45, 7) is 4.26. The van der Waals surface area contributed by atoms with Gasteiger partial charge in [0.1, 0.15) is 0 Å².